The molecule has 152 valence electrons. The van der Waals surface area contributed by atoms with Gasteiger partial charge in [-0.1, -0.05) is 30.3 Å². The SMILES string of the molecule is CCOC(=O)/C(C#N)=c1/s/c(=C/c2ccc(OCC)cc2)c(=O)n1-c1ccccc1. The monoisotopic (exact) mass is 420 g/mol. The maximum Gasteiger partial charge on any atom is 0.351 e. The summed E-state index contributed by atoms with van der Waals surface area (Å²) < 4.78 is 12.5. The Labute approximate surface area is 177 Å². The molecule has 0 bridgehead atoms. The zero-order valence-electron chi connectivity index (χ0n) is 16.6. The lowest BCUT2D eigenvalue weighted by molar-refractivity contribution is -0.136. The van der Waals surface area contributed by atoms with Gasteiger partial charge in [0.25, 0.3) is 5.56 Å². The summed E-state index contributed by atoms with van der Waals surface area (Å²) in [5, 5.41) is 9.60. The molecule has 0 spiro atoms. The van der Waals surface area contributed by atoms with Gasteiger partial charge in [-0.25, -0.2) is 4.79 Å². The highest BCUT2D eigenvalue weighted by Gasteiger charge is 2.17. The van der Waals surface area contributed by atoms with Gasteiger partial charge in [-0.15, -0.1) is 11.3 Å². The summed E-state index contributed by atoms with van der Waals surface area (Å²) in [5.74, 6) is -0.0100. The Kier molecular flexibility index (Phi) is 6.83. The molecule has 0 saturated carbocycles. The summed E-state index contributed by atoms with van der Waals surface area (Å²) in [5.41, 5.74) is 0.858. The molecule has 0 aliphatic heterocycles. The molecule has 3 aromatic rings. The van der Waals surface area contributed by atoms with Gasteiger partial charge in [-0.2, -0.15) is 5.26 Å². The summed E-state index contributed by atoms with van der Waals surface area (Å²) in [6.45, 7) is 4.28. The number of carbonyl (C=O) groups excluding carboxylic acids is 1. The third kappa shape index (κ3) is 4.50. The largest absolute Gasteiger partial charge is 0.494 e. The van der Waals surface area contributed by atoms with E-state index >= 15 is 0 Å². The number of nitriles is 1. The second-order valence-electron chi connectivity index (χ2n) is 6.10. The van der Waals surface area contributed by atoms with Crippen LogP contribution in [-0.2, 0) is 9.53 Å². The van der Waals surface area contributed by atoms with E-state index in [1.54, 1.807) is 37.3 Å². The fourth-order valence-corrected chi connectivity index (χ4v) is 3.92. The molecule has 0 aliphatic carbocycles. The highest BCUT2D eigenvalue weighted by atomic mass is 32.1. The Morgan fingerprint density at radius 1 is 1.10 bits per heavy atom. The van der Waals surface area contributed by atoms with Crippen molar-refractivity contribution in [2.45, 2.75) is 13.8 Å². The first-order chi connectivity index (χ1) is 14.6. The van der Waals surface area contributed by atoms with Crippen LogP contribution >= 0.6 is 11.3 Å². The quantitative estimate of drug-likeness (QED) is 0.572. The minimum Gasteiger partial charge on any atom is -0.494 e. The van der Waals surface area contributed by atoms with Crippen molar-refractivity contribution < 1.29 is 14.3 Å². The molecule has 0 amide bonds. The second kappa shape index (κ2) is 9.72. The van der Waals surface area contributed by atoms with Gasteiger partial charge in [0.2, 0.25) is 0 Å². The zero-order valence-corrected chi connectivity index (χ0v) is 17.4. The molecule has 3 rings (SSSR count). The Hall–Kier alpha value is -3.63. The number of benzene rings is 2. The van der Waals surface area contributed by atoms with Crippen molar-refractivity contribution in [2.24, 2.45) is 0 Å². The standard InChI is InChI=1S/C23H20N2O4S/c1-3-28-18-12-10-16(11-13-18)14-20-21(26)25(17-8-6-5-7-9-17)22(30-20)19(15-24)23(27)29-4-2/h5-14H,3-4H2,1-2H3/b20-14+,22-19+. The first-order valence-electron chi connectivity index (χ1n) is 9.42. The van der Waals surface area contributed by atoms with Crippen molar-refractivity contribution in [3.05, 3.63) is 79.7 Å². The van der Waals surface area contributed by atoms with E-state index < -0.39 is 5.97 Å². The summed E-state index contributed by atoms with van der Waals surface area (Å²) in [6, 6.07) is 18.1. The molecule has 1 aromatic heterocycles. The highest BCUT2D eigenvalue weighted by molar-refractivity contribution is 7.07. The molecule has 6 nitrogen and oxygen atoms in total. The van der Waals surface area contributed by atoms with Gasteiger partial charge in [0.1, 0.15) is 16.5 Å². The molecule has 0 fully saturated rings. The molecular formula is C23H20N2O4S. The maximum absolute atomic E-state index is 13.2. The van der Waals surface area contributed by atoms with Gasteiger partial charge in [0.05, 0.1) is 23.4 Å². The van der Waals surface area contributed by atoms with Gasteiger partial charge in [0.15, 0.2) is 5.57 Å². The third-order valence-electron chi connectivity index (χ3n) is 4.13. The Morgan fingerprint density at radius 3 is 2.40 bits per heavy atom. The number of hydrogen-bond acceptors (Lipinski definition) is 6. The van der Waals surface area contributed by atoms with Gasteiger partial charge < -0.3 is 9.47 Å². The molecule has 30 heavy (non-hydrogen) atoms. The first-order valence-corrected chi connectivity index (χ1v) is 10.2. The molecule has 0 aliphatic rings. The van der Waals surface area contributed by atoms with E-state index in [1.165, 1.54) is 4.57 Å². The van der Waals surface area contributed by atoms with Gasteiger partial charge in [0, 0.05) is 0 Å². The average molecular weight is 420 g/mol. The van der Waals surface area contributed by atoms with Gasteiger partial charge in [-0.05, 0) is 49.8 Å². The molecule has 0 radical (unpaired) electrons. The Balaban J connectivity index is 2.27. The van der Waals surface area contributed by atoms with Crippen molar-refractivity contribution in [3.8, 4) is 17.5 Å². The predicted molar refractivity (Wildman–Crippen MR) is 116 cm³/mol. The molecule has 1 heterocycles. The number of aromatic nitrogens is 1. The van der Waals surface area contributed by atoms with Crippen LogP contribution in [0.3, 0.4) is 0 Å². The van der Waals surface area contributed by atoms with E-state index in [4.69, 9.17) is 9.47 Å². The number of para-hydroxylation sites is 1. The van der Waals surface area contributed by atoms with Crippen LogP contribution in [0, 0.1) is 11.3 Å². The minimum atomic E-state index is -0.751. The normalized spacial score (nSPS) is 12.2. The van der Waals surface area contributed by atoms with Gasteiger partial charge in [-0.3, -0.25) is 9.36 Å². The minimum absolute atomic E-state index is 0.135. The number of carbonyl (C=O) groups is 1. The van der Waals surface area contributed by atoms with E-state index in [2.05, 4.69) is 0 Å². The van der Waals surface area contributed by atoms with Crippen LogP contribution in [-0.4, -0.2) is 23.8 Å². The van der Waals surface area contributed by atoms with Crippen LogP contribution in [0.2, 0.25) is 0 Å². The Bertz CT molecular complexity index is 1250. The molecule has 0 atom stereocenters. The third-order valence-corrected chi connectivity index (χ3v) is 5.22. The van der Waals surface area contributed by atoms with Crippen LogP contribution in [0.1, 0.15) is 19.4 Å². The first kappa shape index (κ1) is 21.1. The number of rotatable bonds is 6. The summed E-state index contributed by atoms with van der Waals surface area (Å²) >= 11 is 1.08. The zero-order chi connectivity index (χ0) is 21.5. The number of hydrogen-bond donors (Lipinski definition) is 0. The lowest BCUT2D eigenvalue weighted by atomic mass is 10.2. The highest BCUT2D eigenvalue weighted by Crippen LogP contribution is 2.12. The van der Waals surface area contributed by atoms with E-state index in [1.807, 2.05) is 43.3 Å². The predicted octanol–water partition coefficient (Wildman–Crippen LogP) is 2.36. The molecule has 7 heteroatoms. The van der Waals surface area contributed by atoms with E-state index in [0.717, 1.165) is 22.6 Å². The number of nitrogens with zero attached hydrogens (tertiary/aromatic N) is 2. The fourth-order valence-electron chi connectivity index (χ4n) is 2.82. The topological polar surface area (TPSA) is 81.3 Å². The maximum atomic E-state index is 13.2. The van der Waals surface area contributed by atoms with Crippen LogP contribution in [0.25, 0.3) is 17.3 Å². The lowest BCUT2D eigenvalue weighted by Crippen LogP contribution is -2.31. The summed E-state index contributed by atoms with van der Waals surface area (Å²) in [4.78, 5) is 25.5. The van der Waals surface area contributed by atoms with E-state index in [9.17, 15) is 14.9 Å². The lowest BCUT2D eigenvalue weighted by Gasteiger charge is -2.03. The van der Waals surface area contributed by atoms with Crippen LogP contribution in [0.5, 0.6) is 5.75 Å². The smallest absolute Gasteiger partial charge is 0.351 e. The van der Waals surface area contributed by atoms with Crippen molar-refractivity contribution >= 4 is 29.0 Å². The molecule has 0 N–H and O–H groups in total. The molecule has 0 saturated heterocycles. The van der Waals surface area contributed by atoms with Crippen molar-refractivity contribution in [3.63, 3.8) is 0 Å². The van der Waals surface area contributed by atoms with Crippen molar-refractivity contribution in [1.29, 1.82) is 5.26 Å². The van der Waals surface area contributed by atoms with Gasteiger partial charge >= 0.3 is 5.97 Å². The number of thiazole rings is 1. The van der Waals surface area contributed by atoms with E-state index in [-0.39, 0.29) is 22.4 Å². The Morgan fingerprint density at radius 2 is 1.80 bits per heavy atom. The molecular weight excluding hydrogens is 400 g/mol. The number of ether oxygens (including phenoxy) is 2. The van der Waals surface area contributed by atoms with Crippen molar-refractivity contribution in [1.82, 2.24) is 4.57 Å². The number of esters is 1. The second-order valence-corrected chi connectivity index (χ2v) is 7.13. The van der Waals surface area contributed by atoms with Crippen LogP contribution in [0.15, 0.2) is 59.4 Å². The average Bonchev–Trinajstić information content (AvgIpc) is 3.07. The van der Waals surface area contributed by atoms with Crippen molar-refractivity contribution in [2.75, 3.05) is 13.2 Å². The fraction of sp³-hybridized carbons (Fsp3) is 0.174. The molecule has 0 unspecified atom stereocenters. The summed E-state index contributed by atoms with van der Waals surface area (Å²) in [6.07, 6.45) is 1.73. The van der Waals surface area contributed by atoms with Crippen LogP contribution < -0.4 is 19.5 Å². The molecule has 2 aromatic carbocycles. The van der Waals surface area contributed by atoms with E-state index in [0.29, 0.717) is 16.8 Å². The summed E-state index contributed by atoms with van der Waals surface area (Å²) in [7, 11) is 0. The van der Waals surface area contributed by atoms with Crippen LogP contribution in [0.4, 0.5) is 0 Å².